The van der Waals surface area contributed by atoms with Gasteiger partial charge in [0.1, 0.15) is 0 Å². The van der Waals surface area contributed by atoms with Crippen molar-refractivity contribution in [3.8, 4) is 0 Å². The van der Waals surface area contributed by atoms with Crippen LogP contribution in [0.15, 0.2) is 24.8 Å². The van der Waals surface area contributed by atoms with Crippen LogP contribution in [0, 0.1) is 0 Å². The SMILES string of the molecule is C=C/C=C\C(N)(F)CC. The van der Waals surface area contributed by atoms with E-state index in [1.54, 1.807) is 6.92 Å². The Balaban J connectivity index is 3.84. The molecule has 1 atom stereocenters. The molecule has 0 spiro atoms. The van der Waals surface area contributed by atoms with Gasteiger partial charge in [-0.2, -0.15) is 0 Å². The molecule has 0 aromatic rings. The number of allylic oxidation sites excluding steroid dienone is 2. The zero-order valence-corrected chi connectivity index (χ0v) is 5.60. The fraction of sp³-hybridized carbons (Fsp3) is 0.429. The number of hydrogen-bond donors (Lipinski definition) is 1. The Morgan fingerprint density at radius 3 is 2.67 bits per heavy atom. The monoisotopic (exact) mass is 129 g/mol. The minimum atomic E-state index is -1.66. The van der Waals surface area contributed by atoms with E-state index < -0.39 is 5.79 Å². The van der Waals surface area contributed by atoms with Crippen molar-refractivity contribution in [2.75, 3.05) is 0 Å². The Kier molecular flexibility index (Phi) is 3.17. The van der Waals surface area contributed by atoms with Crippen molar-refractivity contribution in [1.82, 2.24) is 0 Å². The highest BCUT2D eigenvalue weighted by Crippen LogP contribution is 2.08. The first kappa shape index (κ1) is 8.37. The third kappa shape index (κ3) is 3.91. The quantitative estimate of drug-likeness (QED) is 0.456. The Bertz CT molecular complexity index is 116. The lowest BCUT2D eigenvalue weighted by Crippen LogP contribution is -2.30. The molecule has 0 aromatic heterocycles. The van der Waals surface area contributed by atoms with Crippen LogP contribution in [0.4, 0.5) is 4.39 Å². The lowest BCUT2D eigenvalue weighted by molar-refractivity contribution is 0.232. The topological polar surface area (TPSA) is 26.0 Å². The van der Waals surface area contributed by atoms with Gasteiger partial charge in [0.2, 0.25) is 0 Å². The highest BCUT2D eigenvalue weighted by atomic mass is 19.1. The Labute approximate surface area is 55.1 Å². The summed E-state index contributed by atoms with van der Waals surface area (Å²) in [5.74, 6) is -1.66. The molecule has 0 saturated heterocycles. The molecule has 0 rings (SSSR count). The number of rotatable bonds is 3. The van der Waals surface area contributed by atoms with E-state index in [1.165, 1.54) is 18.2 Å². The van der Waals surface area contributed by atoms with Gasteiger partial charge in [-0.05, 0) is 12.5 Å². The number of halogens is 1. The molecule has 0 bridgehead atoms. The average Bonchev–Trinajstić information content (AvgIpc) is 1.84. The zero-order valence-electron chi connectivity index (χ0n) is 5.60. The van der Waals surface area contributed by atoms with Crippen LogP contribution in [0.5, 0.6) is 0 Å². The summed E-state index contributed by atoms with van der Waals surface area (Å²) in [6.45, 7) is 5.08. The molecule has 0 aromatic carbocycles. The van der Waals surface area contributed by atoms with Crippen LogP contribution < -0.4 is 5.73 Å². The summed E-state index contributed by atoms with van der Waals surface area (Å²) in [4.78, 5) is 0. The van der Waals surface area contributed by atoms with Crippen molar-refractivity contribution < 1.29 is 4.39 Å². The van der Waals surface area contributed by atoms with Gasteiger partial charge in [0.15, 0.2) is 5.79 Å². The number of alkyl halides is 1. The molecule has 0 saturated carbocycles. The molecular formula is C7H12FN. The summed E-state index contributed by atoms with van der Waals surface area (Å²) in [5.41, 5.74) is 5.10. The second-order valence-electron chi connectivity index (χ2n) is 1.88. The normalized spacial score (nSPS) is 17.7. The van der Waals surface area contributed by atoms with E-state index >= 15 is 0 Å². The predicted molar refractivity (Wildman–Crippen MR) is 37.7 cm³/mol. The van der Waals surface area contributed by atoms with Gasteiger partial charge < -0.3 is 0 Å². The second kappa shape index (κ2) is 3.41. The minimum Gasteiger partial charge on any atom is -0.296 e. The predicted octanol–water partition coefficient (Wildman–Crippen LogP) is 1.76. The average molecular weight is 129 g/mol. The molecule has 0 heterocycles. The van der Waals surface area contributed by atoms with Gasteiger partial charge in [-0.1, -0.05) is 25.7 Å². The lowest BCUT2D eigenvalue weighted by Gasteiger charge is -2.10. The Morgan fingerprint density at radius 2 is 2.33 bits per heavy atom. The van der Waals surface area contributed by atoms with E-state index in [4.69, 9.17) is 5.73 Å². The molecule has 2 heteroatoms. The van der Waals surface area contributed by atoms with Crippen LogP contribution in [-0.2, 0) is 0 Å². The van der Waals surface area contributed by atoms with Crippen molar-refractivity contribution in [2.45, 2.75) is 19.1 Å². The van der Waals surface area contributed by atoms with Crippen LogP contribution in [0.3, 0.4) is 0 Å². The number of nitrogens with two attached hydrogens (primary N) is 1. The first-order valence-electron chi connectivity index (χ1n) is 2.90. The van der Waals surface area contributed by atoms with Gasteiger partial charge in [-0.3, -0.25) is 5.73 Å². The summed E-state index contributed by atoms with van der Waals surface area (Å²) >= 11 is 0. The highest BCUT2D eigenvalue weighted by molar-refractivity contribution is 5.05. The largest absolute Gasteiger partial charge is 0.296 e. The maximum atomic E-state index is 12.6. The maximum Gasteiger partial charge on any atom is 0.177 e. The van der Waals surface area contributed by atoms with Crippen molar-refractivity contribution in [3.05, 3.63) is 24.8 Å². The first-order chi connectivity index (χ1) is 4.12. The number of hydrogen-bond acceptors (Lipinski definition) is 1. The van der Waals surface area contributed by atoms with Gasteiger partial charge in [0.05, 0.1) is 0 Å². The van der Waals surface area contributed by atoms with E-state index in [9.17, 15) is 4.39 Å². The fourth-order valence-corrected chi connectivity index (χ4v) is 0.346. The van der Waals surface area contributed by atoms with E-state index in [0.29, 0.717) is 0 Å². The van der Waals surface area contributed by atoms with E-state index in [2.05, 4.69) is 6.58 Å². The van der Waals surface area contributed by atoms with Gasteiger partial charge >= 0.3 is 0 Å². The van der Waals surface area contributed by atoms with Crippen LogP contribution in [0.25, 0.3) is 0 Å². The van der Waals surface area contributed by atoms with E-state index in [-0.39, 0.29) is 6.42 Å². The molecule has 2 N–H and O–H groups in total. The molecule has 0 aliphatic rings. The molecule has 52 valence electrons. The summed E-state index contributed by atoms with van der Waals surface area (Å²) < 4.78 is 12.6. The van der Waals surface area contributed by atoms with Crippen LogP contribution in [-0.4, -0.2) is 5.79 Å². The second-order valence-corrected chi connectivity index (χ2v) is 1.88. The van der Waals surface area contributed by atoms with E-state index in [0.717, 1.165) is 0 Å². The molecular weight excluding hydrogens is 117 g/mol. The smallest absolute Gasteiger partial charge is 0.177 e. The van der Waals surface area contributed by atoms with Crippen LogP contribution in [0.2, 0.25) is 0 Å². The third-order valence-electron chi connectivity index (χ3n) is 1.05. The van der Waals surface area contributed by atoms with Crippen molar-refractivity contribution in [1.29, 1.82) is 0 Å². The molecule has 0 amide bonds. The van der Waals surface area contributed by atoms with Crippen molar-refractivity contribution in [3.63, 3.8) is 0 Å². The van der Waals surface area contributed by atoms with Gasteiger partial charge in [-0.25, -0.2) is 4.39 Å². The molecule has 0 aliphatic heterocycles. The standard InChI is InChI=1S/C7H12FN/c1-3-5-6-7(8,9)4-2/h3,5-6H,1,4,9H2,2H3/b6-5-. The molecule has 1 nitrogen and oxygen atoms in total. The summed E-state index contributed by atoms with van der Waals surface area (Å²) in [6.07, 6.45) is 4.58. The summed E-state index contributed by atoms with van der Waals surface area (Å²) in [7, 11) is 0. The van der Waals surface area contributed by atoms with Crippen LogP contribution >= 0.6 is 0 Å². The van der Waals surface area contributed by atoms with Crippen LogP contribution in [0.1, 0.15) is 13.3 Å². The van der Waals surface area contributed by atoms with Gasteiger partial charge in [-0.15, -0.1) is 0 Å². The zero-order chi connectivity index (χ0) is 7.33. The molecule has 0 radical (unpaired) electrons. The molecule has 9 heavy (non-hydrogen) atoms. The minimum absolute atomic E-state index is 0.289. The first-order valence-corrected chi connectivity index (χ1v) is 2.90. The molecule has 0 aliphatic carbocycles. The third-order valence-corrected chi connectivity index (χ3v) is 1.05. The molecule has 1 unspecified atom stereocenters. The van der Waals surface area contributed by atoms with Crippen molar-refractivity contribution in [2.24, 2.45) is 5.73 Å². The lowest BCUT2D eigenvalue weighted by atomic mass is 10.2. The van der Waals surface area contributed by atoms with Gasteiger partial charge in [0, 0.05) is 0 Å². The summed E-state index contributed by atoms with van der Waals surface area (Å²) in [5, 5.41) is 0. The Hall–Kier alpha value is -0.630. The maximum absolute atomic E-state index is 12.6. The van der Waals surface area contributed by atoms with E-state index in [1.807, 2.05) is 0 Å². The molecule has 0 fully saturated rings. The van der Waals surface area contributed by atoms with Crippen molar-refractivity contribution >= 4 is 0 Å². The summed E-state index contributed by atoms with van der Waals surface area (Å²) in [6, 6.07) is 0. The van der Waals surface area contributed by atoms with Gasteiger partial charge in [0.25, 0.3) is 0 Å². The Morgan fingerprint density at radius 1 is 1.78 bits per heavy atom. The highest BCUT2D eigenvalue weighted by Gasteiger charge is 2.14. The fourth-order valence-electron chi connectivity index (χ4n) is 0.346.